The van der Waals surface area contributed by atoms with Gasteiger partial charge in [0.2, 0.25) is 0 Å². The second-order valence-corrected chi connectivity index (χ2v) is 4.36. The topological polar surface area (TPSA) is 66.4 Å². The van der Waals surface area contributed by atoms with Gasteiger partial charge in [-0.3, -0.25) is 14.9 Å². The highest BCUT2D eigenvalue weighted by molar-refractivity contribution is 6.31. The fourth-order valence-electron chi connectivity index (χ4n) is 1.58. The minimum Gasteiger partial charge on any atom is -0.507 e. The standard InChI is InChI=1S/C14H9ClFNO3/c15-8-5-6-10(12(18)7-8)14(20)17-13(19)9-3-1-2-4-11(9)16/h1-7,18H,(H,17,19,20). The largest absolute Gasteiger partial charge is 0.507 e. The Balaban J connectivity index is 2.20. The van der Waals surface area contributed by atoms with E-state index in [1.165, 1.54) is 36.4 Å². The van der Waals surface area contributed by atoms with Gasteiger partial charge in [-0.2, -0.15) is 0 Å². The lowest BCUT2D eigenvalue weighted by atomic mass is 10.1. The number of benzene rings is 2. The molecule has 2 rings (SSSR count). The number of nitrogens with one attached hydrogen (secondary N) is 1. The third-order valence-electron chi connectivity index (χ3n) is 2.55. The molecule has 0 heterocycles. The van der Waals surface area contributed by atoms with Gasteiger partial charge in [-0.1, -0.05) is 23.7 Å². The summed E-state index contributed by atoms with van der Waals surface area (Å²) in [6, 6.07) is 9.09. The van der Waals surface area contributed by atoms with E-state index < -0.39 is 17.6 Å². The van der Waals surface area contributed by atoms with Gasteiger partial charge in [0, 0.05) is 5.02 Å². The molecule has 0 fully saturated rings. The normalized spacial score (nSPS) is 10.1. The van der Waals surface area contributed by atoms with Crippen LogP contribution in [0.3, 0.4) is 0 Å². The molecule has 2 aromatic carbocycles. The van der Waals surface area contributed by atoms with E-state index in [9.17, 15) is 19.1 Å². The van der Waals surface area contributed by atoms with Gasteiger partial charge < -0.3 is 5.11 Å². The summed E-state index contributed by atoms with van der Waals surface area (Å²) < 4.78 is 13.4. The van der Waals surface area contributed by atoms with Crippen molar-refractivity contribution in [3.63, 3.8) is 0 Å². The third kappa shape index (κ3) is 2.95. The van der Waals surface area contributed by atoms with Crippen molar-refractivity contribution in [2.75, 3.05) is 0 Å². The van der Waals surface area contributed by atoms with Gasteiger partial charge in [0.1, 0.15) is 11.6 Å². The molecule has 4 nitrogen and oxygen atoms in total. The summed E-state index contributed by atoms with van der Waals surface area (Å²) in [5.74, 6) is -2.83. The predicted molar refractivity (Wildman–Crippen MR) is 71.3 cm³/mol. The Kier molecular flexibility index (Phi) is 4.00. The lowest BCUT2D eigenvalue weighted by molar-refractivity contribution is 0.0846. The third-order valence-corrected chi connectivity index (χ3v) is 2.79. The fourth-order valence-corrected chi connectivity index (χ4v) is 1.75. The van der Waals surface area contributed by atoms with Gasteiger partial charge in [-0.05, 0) is 30.3 Å². The second kappa shape index (κ2) is 5.71. The van der Waals surface area contributed by atoms with Crippen molar-refractivity contribution < 1.29 is 19.1 Å². The van der Waals surface area contributed by atoms with E-state index in [1.807, 2.05) is 5.32 Å². The molecule has 0 aliphatic rings. The number of phenolic OH excluding ortho intramolecular Hbond substituents is 1. The number of imide groups is 1. The number of halogens is 2. The van der Waals surface area contributed by atoms with Gasteiger partial charge in [0.15, 0.2) is 0 Å². The zero-order chi connectivity index (χ0) is 14.7. The van der Waals surface area contributed by atoms with Crippen LogP contribution in [0.5, 0.6) is 5.75 Å². The first kappa shape index (κ1) is 14.0. The van der Waals surface area contributed by atoms with Crippen molar-refractivity contribution >= 4 is 23.4 Å². The summed E-state index contributed by atoms with van der Waals surface area (Å²) in [6.45, 7) is 0. The van der Waals surface area contributed by atoms with Crippen molar-refractivity contribution in [2.24, 2.45) is 0 Å². The Morgan fingerprint density at radius 2 is 1.70 bits per heavy atom. The first-order valence-corrected chi connectivity index (χ1v) is 5.95. The molecule has 6 heteroatoms. The van der Waals surface area contributed by atoms with Crippen LogP contribution in [0.15, 0.2) is 42.5 Å². The van der Waals surface area contributed by atoms with E-state index in [0.29, 0.717) is 0 Å². The number of rotatable bonds is 2. The van der Waals surface area contributed by atoms with Crippen LogP contribution >= 0.6 is 11.6 Å². The molecule has 2 aromatic rings. The van der Waals surface area contributed by atoms with Crippen LogP contribution in [0.1, 0.15) is 20.7 Å². The molecule has 0 bridgehead atoms. The van der Waals surface area contributed by atoms with Crippen LogP contribution in [0.4, 0.5) is 4.39 Å². The van der Waals surface area contributed by atoms with Crippen LogP contribution < -0.4 is 5.32 Å². The summed E-state index contributed by atoms with van der Waals surface area (Å²) in [5, 5.41) is 11.8. The van der Waals surface area contributed by atoms with Crippen LogP contribution in [-0.2, 0) is 0 Å². The molecule has 20 heavy (non-hydrogen) atoms. The average molecular weight is 294 g/mol. The molecule has 0 spiro atoms. The van der Waals surface area contributed by atoms with Crippen LogP contribution in [0.25, 0.3) is 0 Å². The highest BCUT2D eigenvalue weighted by Crippen LogP contribution is 2.21. The minimum atomic E-state index is -0.887. The number of phenols is 1. The summed E-state index contributed by atoms with van der Waals surface area (Å²) in [4.78, 5) is 23.6. The molecule has 0 aromatic heterocycles. The van der Waals surface area contributed by atoms with Crippen molar-refractivity contribution in [3.05, 3.63) is 64.4 Å². The number of aromatic hydroxyl groups is 1. The van der Waals surface area contributed by atoms with E-state index >= 15 is 0 Å². The van der Waals surface area contributed by atoms with E-state index in [2.05, 4.69) is 0 Å². The predicted octanol–water partition coefficient (Wildman–Crippen LogP) is 2.75. The fraction of sp³-hybridized carbons (Fsp3) is 0. The van der Waals surface area contributed by atoms with E-state index in [4.69, 9.17) is 11.6 Å². The Morgan fingerprint density at radius 1 is 1.05 bits per heavy atom. The van der Waals surface area contributed by atoms with Gasteiger partial charge >= 0.3 is 0 Å². The van der Waals surface area contributed by atoms with Crippen molar-refractivity contribution in [3.8, 4) is 5.75 Å². The molecule has 0 saturated heterocycles. The van der Waals surface area contributed by atoms with E-state index in [0.717, 1.165) is 6.07 Å². The van der Waals surface area contributed by atoms with Crippen LogP contribution in [-0.4, -0.2) is 16.9 Å². The molecule has 0 unspecified atom stereocenters. The van der Waals surface area contributed by atoms with Crippen molar-refractivity contribution in [1.82, 2.24) is 5.32 Å². The average Bonchev–Trinajstić information content (AvgIpc) is 2.38. The molecule has 0 radical (unpaired) electrons. The van der Waals surface area contributed by atoms with Crippen LogP contribution in [0.2, 0.25) is 5.02 Å². The highest BCUT2D eigenvalue weighted by Gasteiger charge is 2.17. The quantitative estimate of drug-likeness (QED) is 0.837. The molecule has 102 valence electrons. The van der Waals surface area contributed by atoms with Crippen molar-refractivity contribution in [2.45, 2.75) is 0 Å². The first-order valence-electron chi connectivity index (χ1n) is 5.58. The summed E-state index contributed by atoms with van der Waals surface area (Å²) in [5.41, 5.74) is -0.381. The van der Waals surface area contributed by atoms with Gasteiger partial charge in [-0.25, -0.2) is 4.39 Å². The molecule has 2 N–H and O–H groups in total. The van der Waals surface area contributed by atoms with Crippen molar-refractivity contribution in [1.29, 1.82) is 0 Å². The Labute approximate surface area is 118 Å². The number of carbonyl (C=O) groups excluding carboxylic acids is 2. The van der Waals surface area contributed by atoms with E-state index in [-0.39, 0.29) is 21.9 Å². The molecule has 0 aliphatic carbocycles. The summed E-state index contributed by atoms with van der Waals surface area (Å²) >= 11 is 5.64. The molecule has 2 amide bonds. The number of carbonyl (C=O) groups is 2. The molecular formula is C14H9ClFNO3. The number of hydrogen-bond donors (Lipinski definition) is 2. The van der Waals surface area contributed by atoms with E-state index in [1.54, 1.807) is 0 Å². The molecule has 0 aliphatic heterocycles. The number of hydrogen-bond acceptors (Lipinski definition) is 3. The SMILES string of the molecule is O=C(NC(=O)c1ccccc1F)c1ccc(Cl)cc1O. The van der Waals surface area contributed by atoms with Gasteiger partial charge in [0.05, 0.1) is 11.1 Å². The van der Waals surface area contributed by atoms with Gasteiger partial charge in [0.25, 0.3) is 11.8 Å². The lowest BCUT2D eigenvalue weighted by Gasteiger charge is -2.06. The molecule has 0 saturated carbocycles. The maximum atomic E-state index is 13.4. The highest BCUT2D eigenvalue weighted by atomic mass is 35.5. The maximum Gasteiger partial charge on any atom is 0.261 e. The zero-order valence-electron chi connectivity index (χ0n) is 10.1. The Hall–Kier alpha value is -2.40. The Morgan fingerprint density at radius 3 is 2.35 bits per heavy atom. The first-order chi connectivity index (χ1) is 9.49. The number of amides is 2. The van der Waals surface area contributed by atoms with Crippen LogP contribution in [0, 0.1) is 5.82 Å². The van der Waals surface area contributed by atoms with Gasteiger partial charge in [-0.15, -0.1) is 0 Å². The second-order valence-electron chi connectivity index (χ2n) is 3.92. The maximum absolute atomic E-state index is 13.4. The zero-order valence-corrected chi connectivity index (χ0v) is 10.8. The minimum absolute atomic E-state index is 0.126. The molecule has 0 atom stereocenters. The Bertz CT molecular complexity index is 688. The molecular weight excluding hydrogens is 285 g/mol. The summed E-state index contributed by atoms with van der Waals surface area (Å²) in [6.07, 6.45) is 0. The lowest BCUT2D eigenvalue weighted by Crippen LogP contribution is -2.31. The summed E-state index contributed by atoms with van der Waals surface area (Å²) in [7, 11) is 0. The monoisotopic (exact) mass is 293 g/mol. The smallest absolute Gasteiger partial charge is 0.261 e.